The lowest BCUT2D eigenvalue weighted by molar-refractivity contribution is 1.05. The summed E-state index contributed by atoms with van der Waals surface area (Å²) in [4.78, 5) is 0. The number of rotatable bonds is 2. The molecule has 1 aromatic carbocycles. The van der Waals surface area contributed by atoms with Gasteiger partial charge in [-0.05, 0) is 11.6 Å². The first kappa shape index (κ1) is 7.22. The molecule has 1 heterocycles. The molecule has 0 bridgehead atoms. The lowest BCUT2D eigenvalue weighted by atomic mass is 10.1. The molecule has 0 N–H and O–H groups in total. The molecule has 0 saturated carbocycles. The second-order valence-electron chi connectivity index (χ2n) is 2.78. The molecule has 0 unspecified atom stereocenters. The molecular formula is C10H10N2. The highest BCUT2D eigenvalue weighted by Gasteiger charge is 2.00. The molecule has 2 heteroatoms. The van der Waals surface area contributed by atoms with E-state index in [-0.39, 0.29) is 0 Å². The van der Waals surface area contributed by atoms with Gasteiger partial charge in [-0.2, -0.15) is 10.2 Å². The number of azo groups is 1. The van der Waals surface area contributed by atoms with Gasteiger partial charge in [0.15, 0.2) is 0 Å². The third-order valence-corrected chi connectivity index (χ3v) is 1.84. The maximum Gasteiger partial charge on any atom is 0.0805 e. The van der Waals surface area contributed by atoms with Gasteiger partial charge in [0.2, 0.25) is 0 Å². The predicted molar refractivity (Wildman–Crippen MR) is 48.0 cm³/mol. The van der Waals surface area contributed by atoms with Crippen LogP contribution in [0.3, 0.4) is 0 Å². The molecule has 0 amide bonds. The number of benzene rings is 1. The van der Waals surface area contributed by atoms with Crippen LogP contribution >= 0.6 is 0 Å². The number of nitrogens with zero attached hydrogens (tertiary/aromatic N) is 2. The summed E-state index contributed by atoms with van der Waals surface area (Å²) in [5.74, 6) is 0. The van der Waals surface area contributed by atoms with Crippen molar-refractivity contribution in [3.63, 3.8) is 0 Å². The van der Waals surface area contributed by atoms with Gasteiger partial charge in [0.05, 0.1) is 12.2 Å². The van der Waals surface area contributed by atoms with Crippen LogP contribution in [0.2, 0.25) is 0 Å². The van der Waals surface area contributed by atoms with Crippen LogP contribution in [0.1, 0.15) is 5.56 Å². The van der Waals surface area contributed by atoms with Crippen LogP contribution in [-0.4, -0.2) is 6.54 Å². The van der Waals surface area contributed by atoms with Gasteiger partial charge in [-0.25, -0.2) is 0 Å². The van der Waals surface area contributed by atoms with E-state index in [1.54, 1.807) is 0 Å². The molecule has 0 spiro atoms. The van der Waals surface area contributed by atoms with Crippen molar-refractivity contribution in [1.82, 2.24) is 0 Å². The van der Waals surface area contributed by atoms with Crippen molar-refractivity contribution in [2.75, 3.05) is 6.54 Å². The first-order chi connectivity index (χ1) is 5.95. The second-order valence-corrected chi connectivity index (χ2v) is 2.78. The highest BCUT2D eigenvalue weighted by molar-refractivity contribution is 5.22. The van der Waals surface area contributed by atoms with E-state index in [0.717, 1.165) is 18.7 Å². The Morgan fingerprint density at radius 1 is 1.17 bits per heavy atom. The maximum absolute atomic E-state index is 4.02. The third-order valence-electron chi connectivity index (χ3n) is 1.84. The van der Waals surface area contributed by atoms with Gasteiger partial charge in [0.1, 0.15) is 0 Å². The van der Waals surface area contributed by atoms with Crippen LogP contribution in [0.5, 0.6) is 0 Å². The van der Waals surface area contributed by atoms with Crippen molar-refractivity contribution in [3.8, 4) is 0 Å². The van der Waals surface area contributed by atoms with Crippen molar-refractivity contribution in [2.24, 2.45) is 10.2 Å². The molecule has 1 aliphatic rings. The summed E-state index contributed by atoms with van der Waals surface area (Å²) in [6, 6.07) is 10.3. The Labute approximate surface area is 71.6 Å². The molecule has 0 fully saturated rings. The zero-order chi connectivity index (χ0) is 8.23. The number of hydrogen-bond donors (Lipinski definition) is 0. The van der Waals surface area contributed by atoms with Crippen molar-refractivity contribution < 1.29 is 0 Å². The molecule has 60 valence electrons. The normalized spacial score (nSPS) is 14.8. The van der Waals surface area contributed by atoms with Gasteiger partial charge in [-0.15, -0.1) is 0 Å². The molecule has 0 aromatic heterocycles. The lowest BCUT2D eigenvalue weighted by Crippen LogP contribution is -1.84. The molecule has 12 heavy (non-hydrogen) atoms. The Hall–Kier alpha value is -1.44. The van der Waals surface area contributed by atoms with Crippen LogP contribution < -0.4 is 0 Å². The fourth-order valence-corrected chi connectivity index (χ4v) is 1.23. The molecule has 0 atom stereocenters. The summed E-state index contributed by atoms with van der Waals surface area (Å²) in [7, 11) is 0. The van der Waals surface area contributed by atoms with Crippen LogP contribution in [0.4, 0.5) is 0 Å². The van der Waals surface area contributed by atoms with E-state index in [0.29, 0.717) is 0 Å². The van der Waals surface area contributed by atoms with Crippen molar-refractivity contribution in [3.05, 3.63) is 47.7 Å². The molecule has 2 nitrogen and oxygen atoms in total. The first-order valence-corrected chi connectivity index (χ1v) is 4.05. The standard InChI is InChI=1S/C10H10N2/c1-2-4-9(5-3-1)8-10-6-7-11-12-10/h1-6H,7-8H2. The van der Waals surface area contributed by atoms with Gasteiger partial charge in [-0.1, -0.05) is 30.3 Å². The van der Waals surface area contributed by atoms with E-state index < -0.39 is 0 Å². The van der Waals surface area contributed by atoms with Crippen LogP contribution in [-0.2, 0) is 6.42 Å². The highest BCUT2D eigenvalue weighted by Crippen LogP contribution is 2.12. The van der Waals surface area contributed by atoms with Crippen LogP contribution in [0, 0.1) is 0 Å². The minimum atomic E-state index is 0.752. The zero-order valence-corrected chi connectivity index (χ0v) is 6.77. The van der Waals surface area contributed by atoms with Crippen LogP contribution in [0.15, 0.2) is 52.3 Å². The fourth-order valence-electron chi connectivity index (χ4n) is 1.23. The van der Waals surface area contributed by atoms with E-state index in [1.807, 2.05) is 18.2 Å². The van der Waals surface area contributed by atoms with E-state index in [4.69, 9.17) is 0 Å². The van der Waals surface area contributed by atoms with E-state index >= 15 is 0 Å². The SMILES string of the molecule is C1=C(Cc2ccccc2)N=NC1. The summed E-state index contributed by atoms with van der Waals surface area (Å²) in [6.07, 6.45) is 2.97. The molecule has 0 saturated heterocycles. The third kappa shape index (κ3) is 1.59. The summed E-state index contributed by atoms with van der Waals surface area (Å²) in [5, 5.41) is 7.91. The van der Waals surface area contributed by atoms with Gasteiger partial charge >= 0.3 is 0 Å². The largest absolute Gasteiger partial charge is 0.185 e. The lowest BCUT2D eigenvalue weighted by Gasteiger charge is -1.96. The summed E-state index contributed by atoms with van der Waals surface area (Å²) >= 11 is 0. The fraction of sp³-hybridized carbons (Fsp3) is 0.200. The van der Waals surface area contributed by atoms with Crippen molar-refractivity contribution in [2.45, 2.75) is 6.42 Å². The molecule has 0 radical (unpaired) electrons. The Bertz CT molecular complexity index is 312. The maximum atomic E-state index is 4.02. The Balaban J connectivity index is 2.09. The van der Waals surface area contributed by atoms with Gasteiger partial charge < -0.3 is 0 Å². The van der Waals surface area contributed by atoms with Gasteiger partial charge in [-0.3, -0.25) is 0 Å². The molecule has 1 aromatic rings. The summed E-state index contributed by atoms with van der Waals surface area (Å²) < 4.78 is 0. The smallest absolute Gasteiger partial charge is 0.0805 e. The minimum absolute atomic E-state index is 0.752. The van der Waals surface area contributed by atoms with Crippen molar-refractivity contribution >= 4 is 0 Å². The van der Waals surface area contributed by atoms with E-state index in [9.17, 15) is 0 Å². The second kappa shape index (κ2) is 3.30. The highest BCUT2D eigenvalue weighted by atomic mass is 15.1. The van der Waals surface area contributed by atoms with Crippen LogP contribution in [0.25, 0.3) is 0 Å². The monoisotopic (exact) mass is 158 g/mol. The number of hydrogen-bond acceptors (Lipinski definition) is 2. The predicted octanol–water partition coefficient (Wildman–Crippen LogP) is 2.58. The molecule has 0 aliphatic carbocycles. The average molecular weight is 158 g/mol. The molecular weight excluding hydrogens is 148 g/mol. The Kier molecular flexibility index (Phi) is 1.99. The van der Waals surface area contributed by atoms with Gasteiger partial charge in [0.25, 0.3) is 0 Å². The molecule has 1 aliphatic heterocycles. The average Bonchev–Trinajstić information content (AvgIpc) is 2.59. The van der Waals surface area contributed by atoms with E-state index in [1.165, 1.54) is 5.56 Å². The number of allylic oxidation sites excluding steroid dienone is 1. The summed E-state index contributed by atoms with van der Waals surface area (Å²) in [5.41, 5.74) is 2.38. The Morgan fingerprint density at radius 3 is 2.67 bits per heavy atom. The van der Waals surface area contributed by atoms with E-state index in [2.05, 4.69) is 28.4 Å². The Morgan fingerprint density at radius 2 is 2.00 bits per heavy atom. The topological polar surface area (TPSA) is 24.7 Å². The first-order valence-electron chi connectivity index (χ1n) is 4.05. The quantitative estimate of drug-likeness (QED) is 0.632. The van der Waals surface area contributed by atoms with Gasteiger partial charge in [0, 0.05) is 6.42 Å². The summed E-state index contributed by atoms with van der Waals surface area (Å²) in [6.45, 7) is 0.752. The molecule has 2 rings (SSSR count). The zero-order valence-electron chi connectivity index (χ0n) is 6.77. The minimum Gasteiger partial charge on any atom is -0.185 e. The van der Waals surface area contributed by atoms with Crippen molar-refractivity contribution in [1.29, 1.82) is 0 Å².